The summed E-state index contributed by atoms with van der Waals surface area (Å²) in [6.07, 6.45) is 3.04. The van der Waals surface area contributed by atoms with E-state index < -0.39 is 0 Å². The number of nitrogens with zero attached hydrogens (tertiary/aromatic N) is 3. The Balaban J connectivity index is 2.18. The largest absolute Gasteiger partial charge is 0.493 e. The Kier molecular flexibility index (Phi) is 7.31. The second-order valence-electron chi connectivity index (χ2n) is 6.99. The van der Waals surface area contributed by atoms with Crippen LogP contribution in [-0.2, 0) is 6.42 Å². The molecule has 30 heavy (non-hydrogen) atoms. The van der Waals surface area contributed by atoms with Gasteiger partial charge in [0.25, 0.3) is 5.56 Å². The van der Waals surface area contributed by atoms with Gasteiger partial charge in [-0.25, -0.2) is 4.98 Å². The molecule has 158 valence electrons. The average molecular weight is 537 g/mol. The van der Waals surface area contributed by atoms with Crippen molar-refractivity contribution in [3.8, 4) is 11.5 Å². The highest BCUT2D eigenvalue weighted by atomic mass is 79.9. The lowest BCUT2D eigenvalue weighted by Crippen LogP contribution is -2.22. The number of rotatable bonds is 7. The Morgan fingerprint density at radius 3 is 2.63 bits per heavy atom. The number of aryl methyl sites for hydroxylation is 1. The Morgan fingerprint density at radius 1 is 1.20 bits per heavy atom. The molecule has 0 spiro atoms. The van der Waals surface area contributed by atoms with E-state index in [9.17, 15) is 4.79 Å². The summed E-state index contributed by atoms with van der Waals surface area (Å²) in [5.41, 5.74) is 1.14. The third-order valence-corrected chi connectivity index (χ3v) is 5.23. The van der Waals surface area contributed by atoms with Crippen molar-refractivity contribution in [1.82, 2.24) is 9.66 Å². The number of halogens is 2. The van der Waals surface area contributed by atoms with E-state index in [2.05, 4.69) is 41.9 Å². The zero-order valence-electron chi connectivity index (χ0n) is 17.3. The van der Waals surface area contributed by atoms with Crippen molar-refractivity contribution in [3.63, 3.8) is 0 Å². The molecule has 0 saturated carbocycles. The highest BCUT2D eigenvalue weighted by molar-refractivity contribution is 9.10. The lowest BCUT2D eigenvalue weighted by Gasteiger charge is -2.16. The molecule has 0 aliphatic heterocycles. The molecule has 0 bridgehead atoms. The molecule has 1 heterocycles. The minimum Gasteiger partial charge on any atom is -0.493 e. The minimum atomic E-state index is -0.214. The number of fused-ring (bicyclic) bond motifs is 1. The first kappa shape index (κ1) is 22.5. The maximum Gasteiger partial charge on any atom is 0.282 e. The van der Waals surface area contributed by atoms with Crippen molar-refractivity contribution in [3.05, 3.63) is 61.0 Å². The number of benzene rings is 2. The first-order valence-corrected chi connectivity index (χ1v) is 11.2. The molecule has 1 aromatic heterocycles. The highest BCUT2D eigenvalue weighted by Crippen LogP contribution is 2.34. The fourth-order valence-corrected chi connectivity index (χ4v) is 3.83. The van der Waals surface area contributed by atoms with E-state index >= 15 is 0 Å². The molecule has 0 N–H and O–H groups in total. The van der Waals surface area contributed by atoms with E-state index in [4.69, 9.17) is 9.47 Å². The fraction of sp³-hybridized carbons (Fsp3) is 0.318. The molecular weight excluding hydrogens is 514 g/mol. The van der Waals surface area contributed by atoms with Gasteiger partial charge in [-0.1, -0.05) is 38.8 Å². The van der Waals surface area contributed by atoms with Gasteiger partial charge in [-0.05, 0) is 50.6 Å². The smallest absolute Gasteiger partial charge is 0.282 e. The molecule has 0 unspecified atom stereocenters. The number of hydrogen-bond acceptors (Lipinski definition) is 5. The summed E-state index contributed by atoms with van der Waals surface area (Å²) in [5, 5.41) is 5.01. The quantitative estimate of drug-likeness (QED) is 0.371. The van der Waals surface area contributed by atoms with Gasteiger partial charge in [0, 0.05) is 20.9 Å². The molecule has 2 aromatic carbocycles. The molecule has 8 heteroatoms. The lowest BCUT2D eigenvalue weighted by molar-refractivity contribution is 0.229. The number of methoxy groups -OCH3 is 1. The zero-order chi connectivity index (χ0) is 21.8. The number of hydrogen-bond donors (Lipinski definition) is 0. The van der Waals surface area contributed by atoms with Crippen LogP contribution >= 0.6 is 31.9 Å². The monoisotopic (exact) mass is 535 g/mol. The van der Waals surface area contributed by atoms with Gasteiger partial charge < -0.3 is 9.47 Å². The topological polar surface area (TPSA) is 65.7 Å². The van der Waals surface area contributed by atoms with Crippen molar-refractivity contribution in [2.75, 3.05) is 7.11 Å². The molecule has 0 aliphatic rings. The second-order valence-corrected chi connectivity index (χ2v) is 8.83. The first-order chi connectivity index (χ1) is 14.3. The summed E-state index contributed by atoms with van der Waals surface area (Å²) >= 11 is 6.91. The number of aromatic nitrogens is 2. The number of ether oxygens (including phenoxy) is 2. The predicted octanol–water partition coefficient (Wildman–Crippen LogP) is 5.55. The van der Waals surface area contributed by atoms with Gasteiger partial charge in [0.2, 0.25) is 0 Å². The van der Waals surface area contributed by atoms with Gasteiger partial charge in [-0.15, -0.1) is 0 Å². The van der Waals surface area contributed by atoms with E-state index in [-0.39, 0.29) is 11.7 Å². The van der Waals surface area contributed by atoms with E-state index in [0.717, 1.165) is 15.4 Å². The van der Waals surface area contributed by atoms with Gasteiger partial charge in [0.15, 0.2) is 11.5 Å². The van der Waals surface area contributed by atoms with E-state index in [0.29, 0.717) is 40.2 Å². The Bertz CT molecular complexity index is 1160. The van der Waals surface area contributed by atoms with Crippen LogP contribution in [-0.4, -0.2) is 29.1 Å². The zero-order valence-corrected chi connectivity index (χ0v) is 20.4. The van der Waals surface area contributed by atoms with Gasteiger partial charge in [0.05, 0.1) is 30.3 Å². The van der Waals surface area contributed by atoms with E-state index in [1.54, 1.807) is 19.4 Å². The molecule has 0 saturated heterocycles. The van der Waals surface area contributed by atoms with Crippen LogP contribution in [0, 0.1) is 0 Å². The molecule has 3 rings (SSSR count). The normalized spacial score (nSPS) is 11.6. The molecule has 0 aliphatic carbocycles. The van der Waals surface area contributed by atoms with Crippen LogP contribution in [0.4, 0.5) is 0 Å². The fourth-order valence-electron chi connectivity index (χ4n) is 3.02. The molecule has 6 nitrogen and oxygen atoms in total. The van der Waals surface area contributed by atoms with Crippen molar-refractivity contribution in [2.45, 2.75) is 39.7 Å². The van der Waals surface area contributed by atoms with Gasteiger partial charge in [-0.3, -0.25) is 4.79 Å². The standard InChI is InChI=1S/C22H23Br2N3O3/c1-5-6-20-26-18-8-7-15(23)10-17(18)22(28)27(20)25-12-14-9-16(24)11-19(29-4)21(14)30-13(2)3/h7-13H,5-6H2,1-4H3. The molecule has 0 atom stereocenters. The first-order valence-electron chi connectivity index (χ1n) is 9.63. The molecule has 0 fully saturated rings. The Hall–Kier alpha value is -2.19. The van der Waals surface area contributed by atoms with Crippen LogP contribution < -0.4 is 15.0 Å². The van der Waals surface area contributed by atoms with Crippen LogP contribution in [0.2, 0.25) is 0 Å². The van der Waals surface area contributed by atoms with Crippen molar-refractivity contribution < 1.29 is 9.47 Å². The minimum absolute atomic E-state index is 0.0507. The van der Waals surface area contributed by atoms with Crippen molar-refractivity contribution in [2.24, 2.45) is 5.10 Å². The maximum absolute atomic E-state index is 13.2. The summed E-state index contributed by atoms with van der Waals surface area (Å²) < 4.78 is 14.4. The maximum atomic E-state index is 13.2. The summed E-state index contributed by atoms with van der Waals surface area (Å²) in [7, 11) is 1.59. The van der Waals surface area contributed by atoms with Crippen LogP contribution in [0.25, 0.3) is 10.9 Å². The lowest BCUT2D eigenvalue weighted by atomic mass is 10.2. The molecule has 0 radical (unpaired) electrons. The van der Waals surface area contributed by atoms with Crippen LogP contribution in [0.15, 0.2) is 49.2 Å². The second kappa shape index (κ2) is 9.75. The van der Waals surface area contributed by atoms with E-state index in [1.165, 1.54) is 4.68 Å². The van der Waals surface area contributed by atoms with Gasteiger partial charge >= 0.3 is 0 Å². The average Bonchev–Trinajstić information content (AvgIpc) is 2.69. The third-order valence-electron chi connectivity index (χ3n) is 4.28. The highest BCUT2D eigenvalue weighted by Gasteiger charge is 2.15. The summed E-state index contributed by atoms with van der Waals surface area (Å²) in [4.78, 5) is 17.8. The summed E-state index contributed by atoms with van der Waals surface area (Å²) in [6, 6.07) is 9.18. The van der Waals surface area contributed by atoms with Crippen LogP contribution in [0.1, 0.15) is 38.6 Å². The Labute approximate surface area is 192 Å². The third kappa shape index (κ3) is 4.92. The van der Waals surface area contributed by atoms with Crippen molar-refractivity contribution in [1.29, 1.82) is 0 Å². The van der Waals surface area contributed by atoms with Crippen molar-refractivity contribution >= 4 is 49.0 Å². The van der Waals surface area contributed by atoms with Gasteiger partial charge in [-0.2, -0.15) is 9.78 Å². The SMILES string of the molecule is CCCc1nc2ccc(Br)cc2c(=O)n1N=Cc1cc(Br)cc(OC)c1OC(C)C. The summed E-state index contributed by atoms with van der Waals surface area (Å²) in [6.45, 7) is 5.93. The Morgan fingerprint density at radius 2 is 1.97 bits per heavy atom. The molecule has 3 aromatic rings. The summed E-state index contributed by atoms with van der Waals surface area (Å²) in [5.74, 6) is 1.77. The van der Waals surface area contributed by atoms with Crippen LogP contribution in [0.3, 0.4) is 0 Å². The molecule has 0 amide bonds. The van der Waals surface area contributed by atoms with E-state index in [1.807, 2.05) is 45.0 Å². The van der Waals surface area contributed by atoms with Crippen LogP contribution in [0.5, 0.6) is 11.5 Å². The molecular formula is C22H23Br2N3O3. The predicted molar refractivity (Wildman–Crippen MR) is 127 cm³/mol. The van der Waals surface area contributed by atoms with Gasteiger partial charge in [0.1, 0.15) is 5.82 Å².